The molecule has 3 rings (SSSR count). The van der Waals surface area contributed by atoms with E-state index in [2.05, 4.69) is 19.1 Å². The summed E-state index contributed by atoms with van der Waals surface area (Å²) < 4.78 is 19.2. The number of nitrogens with zero attached hydrogens (tertiary/aromatic N) is 2. The van der Waals surface area contributed by atoms with Crippen molar-refractivity contribution in [2.75, 3.05) is 13.2 Å². The van der Waals surface area contributed by atoms with Crippen molar-refractivity contribution in [3.05, 3.63) is 71.6 Å². The topological polar surface area (TPSA) is 122 Å². The lowest BCUT2D eigenvalue weighted by Gasteiger charge is -1.94. The van der Waals surface area contributed by atoms with Gasteiger partial charge in [-0.15, -0.1) is 0 Å². The van der Waals surface area contributed by atoms with Crippen molar-refractivity contribution in [1.29, 1.82) is 0 Å². The monoisotopic (exact) mass is 412 g/mol. The zero-order valence-electron chi connectivity index (χ0n) is 16.4. The molecule has 0 N–H and O–H groups in total. The molecule has 0 amide bonds. The molecule has 0 radical (unpaired) electrons. The highest BCUT2D eigenvalue weighted by molar-refractivity contribution is 5.88. The molecule has 2 aromatic heterocycles. The lowest BCUT2D eigenvalue weighted by molar-refractivity contribution is 0.0510. The van der Waals surface area contributed by atoms with Gasteiger partial charge in [-0.05, 0) is 25.5 Å². The van der Waals surface area contributed by atoms with Crippen molar-refractivity contribution in [3.8, 4) is 0 Å². The fraction of sp³-hybridized carbons (Fsp3) is 0.190. The Kier molecular flexibility index (Phi) is 8.72. The van der Waals surface area contributed by atoms with E-state index in [9.17, 15) is 14.4 Å². The van der Waals surface area contributed by atoms with Crippen LogP contribution in [0.5, 0.6) is 0 Å². The average Bonchev–Trinajstić information content (AvgIpc) is 3.44. The van der Waals surface area contributed by atoms with Gasteiger partial charge in [0.1, 0.15) is 12.5 Å². The van der Waals surface area contributed by atoms with Gasteiger partial charge in [-0.1, -0.05) is 30.3 Å². The number of ether oxygens (including phenoxy) is 2. The van der Waals surface area contributed by atoms with E-state index in [0.29, 0.717) is 18.8 Å². The van der Waals surface area contributed by atoms with E-state index in [4.69, 9.17) is 9.15 Å². The Bertz CT molecular complexity index is 990. The van der Waals surface area contributed by atoms with E-state index in [1.807, 2.05) is 36.4 Å². The Hall–Kier alpha value is -4.01. The molecule has 0 atom stereocenters. The van der Waals surface area contributed by atoms with Gasteiger partial charge in [0.2, 0.25) is 12.2 Å². The van der Waals surface area contributed by atoms with Crippen LogP contribution >= 0.6 is 0 Å². The first-order valence-electron chi connectivity index (χ1n) is 9.01. The van der Waals surface area contributed by atoms with Crippen LogP contribution in [0.3, 0.4) is 0 Å². The van der Waals surface area contributed by atoms with Crippen LogP contribution in [-0.2, 0) is 9.47 Å². The van der Waals surface area contributed by atoms with Crippen molar-refractivity contribution in [3.63, 3.8) is 0 Å². The Morgan fingerprint density at radius 3 is 1.90 bits per heavy atom. The van der Waals surface area contributed by atoms with Crippen molar-refractivity contribution in [2.24, 2.45) is 0 Å². The molecule has 0 aliphatic rings. The Morgan fingerprint density at radius 1 is 0.867 bits per heavy atom. The maximum absolute atomic E-state index is 11.4. The molecule has 2 heterocycles. The van der Waals surface area contributed by atoms with Crippen molar-refractivity contribution in [2.45, 2.75) is 13.8 Å². The number of hydrogen-bond acceptors (Lipinski definition) is 9. The van der Waals surface area contributed by atoms with Gasteiger partial charge in [0.25, 0.3) is 5.89 Å². The molecular weight excluding hydrogens is 392 g/mol. The highest BCUT2D eigenvalue weighted by atomic mass is 16.5. The van der Waals surface area contributed by atoms with E-state index >= 15 is 0 Å². The van der Waals surface area contributed by atoms with Crippen LogP contribution in [0.25, 0.3) is 12.2 Å². The predicted molar refractivity (Wildman–Crippen MR) is 106 cm³/mol. The molecule has 0 unspecified atom stereocenters. The van der Waals surface area contributed by atoms with Crippen LogP contribution in [0, 0.1) is 0 Å². The average molecular weight is 412 g/mol. The van der Waals surface area contributed by atoms with E-state index < -0.39 is 11.9 Å². The maximum Gasteiger partial charge on any atom is 0.360 e. The second-order valence-corrected chi connectivity index (χ2v) is 5.44. The van der Waals surface area contributed by atoms with Crippen LogP contribution < -0.4 is 0 Å². The third kappa shape index (κ3) is 6.86. The predicted octanol–water partition coefficient (Wildman–Crippen LogP) is 3.69. The van der Waals surface area contributed by atoms with E-state index in [1.165, 1.54) is 6.26 Å². The number of carbonyl (C=O) groups excluding carboxylic acids is 3. The summed E-state index contributed by atoms with van der Waals surface area (Å²) in [7, 11) is 0. The normalized spacial score (nSPS) is 10.2. The fourth-order valence-corrected chi connectivity index (χ4v) is 2.04. The van der Waals surface area contributed by atoms with Gasteiger partial charge in [-0.2, -0.15) is 4.98 Å². The molecule has 0 spiro atoms. The number of carbonyl (C=O) groups is 3. The number of oxazole rings is 2. The van der Waals surface area contributed by atoms with Gasteiger partial charge in [0.05, 0.1) is 13.2 Å². The summed E-state index contributed by atoms with van der Waals surface area (Å²) in [6.45, 7) is 4.01. The van der Waals surface area contributed by atoms with Crippen LogP contribution in [0.1, 0.15) is 57.0 Å². The molecule has 0 aliphatic carbocycles. The summed E-state index contributed by atoms with van der Waals surface area (Å²) in [5.74, 6) is -0.810. The Labute approximate surface area is 172 Å². The second kappa shape index (κ2) is 11.7. The summed E-state index contributed by atoms with van der Waals surface area (Å²) in [4.78, 5) is 39.9. The number of esters is 2. The summed E-state index contributed by atoms with van der Waals surface area (Å²) in [5, 5.41) is 0. The van der Waals surface area contributed by atoms with Gasteiger partial charge in [-0.25, -0.2) is 14.6 Å². The highest BCUT2D eigenvalue weighted by Gasteiger charge is 2.12. The van der Waals surface area contributed by atoms with Gasteiger partial charge < -0.3 is 18.3 Å². The Morgan fingerprint density at radius 2 is 1.40 bits per heavy atom. The number of benzene rings is 1. The summed E-state index contributed by atoms with van der Waals surface area (Å²) in [6, 6.07) is 9.76. The molecule has 9 heteroatoms. The highest BCUT2D eigenvalue weighted by Crippen LogP contribution is 2.09. The van der Waals surface area contributed by atoms with Crippen LogP contribution in [0.15, 0.2) is 51.7 Å². The molecule has 0 saturated carbocycles. The molecule has 1 aromatic carbocycles. The fourth-order valence-electron chi connectivity index (χ4n) is 2.04. The van der Waals surface area contributed by atoms with Crippen LogP contribution in [0.2, 0.25) is 0 Å². The largest absolute Gasteiger partial charge is 0.461 e. The summed E-state index contributed by atoms with van der Waals surface area (Å²) in [5.41, 5.74) is 1.23. The summed E-state index contributed by atoms with van der Waals surface area (Å²) in [6.07, 6.45) is 6.37. The molecule has 0 saturated heterocycles. The SMILES string of the molecule is CCOC(=O)c1coc(/C=C/c2ccccc2)n1.CCOC(=O)c1coc(C=O)n1. The van der Waals surface area contributed by atoms with Crippen LogP contribution in [0.4, 0.5) is 0 Å². The zero-order chi connectivity index (χ0) is 21.8. The zero-order valence-corrected chi connectivity index (χ0v) is 16.4. The van der Waals surface area contributed by atoms with Crippen molar-refractivity contribution < 1.29 is 32.7 Å². The van der Waals surface area contributed by atoms with E-state index in [-0.39, 0.29) is 23.9 Å². The smallest absolute Gasteiger partial charge is 0.360 e. The Balaban J connectivity index is 0.000000232. The second-order valence-electron chi connectivity index (χ2n) is 5.44. The number of hydrogen-bond donors (Lipinski definition) is 0. The number of aromatic nitrogens is 2. The van der Waals surface area contributed by atoms with Crippen LogP contribution in [-0.4, -0.2) is 41.4 Å². The first kappa shape index (κ1) is 22.3. The third-order valence-electron chi connectivity index (χ3n) is 3.33. The number of aldehydes is 1. The molecule has 0 aliphatic heterocycles. The minimum Gasteiger partial charge on any atom is -0.461 e. The van der Waals surface area contributed by atoms with Gasteiger partial charge in [-0.3, -0.25) is 4.79 Å². The maximum atomic E-state index is 11.4. The van der Waals surface area contributed by atoms with Gasteiger partial charge >= 0.3 is 11.9 Å². The lowest BCUT2D eigenvalue weighted by Crippen LogP contribution is -2.04. The first-order chi connectivity index (χ1) is 14.6. The first-order valence-corrected chi connectivity index (χ1v) is 9.01. The summed E-state index contributed by atoms with van der Waals surface area (Å²) >= 11 is 0. The minimum absolute atomic E-state index is 0.0129. The molecule has 30 heavy (non-hydrogen) atoms. The molecule has 0 fully saturated rings. The van der Waals surface area contributed by atoms with E-state index in [0.717, 1.165) is 11.8 Å². The quantitative estimate of drug-likeness (QED) is 0.422. The number of rotatable bonds is 7. The standard InChI is InChI=1S/C14H13NO3.C7H7NO4/c1-2-17-14(16)12-10-18-13(15-12)9-8-11-6-4-3-5-7-11;1-2-11-7(10)5-4-12-6(3-9)8-5/h3-10H,2H2,1H3;3-4H,2H2,1H3/b9-8+;. The molecule has 0 bridgehead atoms. The van der Waals surface area contributed by atoms with Gasteiger partial charge in [0.15, 0.2) is 11.4 Å². The molecular formula is C21H20N2O7. The third-order valence-corrected chi connectivity index (χ3v) is 3.33. The molecule has 3 aromatic rings. The van der Waals surface area contributed by atoms with Crippen molar-refractivity contribution >= 4 is 30.4 Å². The minimum atomic E-state index is -0.589. The molecule has 9 nitrogen and oxygen atoms in total. The van der Waals surface area contributed by atoms with Crippen molar-refractivity contribution in [1.82, 2.24) is 9.97 Å². The van der Waals surface area contributed by atoms with Gasteiger partial charge in [0, 0.05) is 6.08 Å². The lowest BCUT2D eigenvalue weighted by atomic mass is 10.2. The van der Waals surface area contributed by atoms with E-state index in [1.54, 1.807) is 19.9 Å². The molecule has 156 valence electrons.